The summed E-state index contributed by atoms with van der Waals surface area (Å²) >= 11 is 1.28. The molecule has 1 aromatic carbocycles. The summed E-state index contributed by atoms with van der Waals surface area (Å²) in [5.74, 6) is 0.553. The third-order valence-electron chi connectivity index (χ3n) is 2.77. The average Bonchev–Trinajstić information content (AvgIpc) is 2.80. The molecule has 5 heteroatoms. The first kappa shape index (κ1) is 12.0. The molecule has 2 rings (SSSR count). The molecule has 90 valence electrons. The molecule has 4 nitrogen and oxygen atoms in total. The number of nitrogens with one attached hydrogen (secondary N) is 1. The molecule has 0 radical (unpaired) electrons. The zero-order chi connectivity index (χ0) is 12.3. The summed E-state index contributed by atoms with van der Waals surface area (Å²) in [6.45, 7) is 7.30. The van der Waals surface area contributed by atoms with Crippen LogP contribution in [-0.2, 0) is 6.54 Å². The van der Waals surface area contributed by atoms with Gasteiger partial charge in [-0.1, -0.05) is 41.6 Å². The van der Waals surface area contributed by atoms with Gasteiger partial charge in [0.25, 0.3) is 0 Å². The molecule has 0 aliphatic rings. The number of hydrogen-bond donors (Lipinski definition) is 1. The molecule has 1 aromatic heterocycles. The molecule has 1 N–H and O–H groups in total. The van der Waals surface area contributed by atoms with Crippen LogP contribution in [0.1, 0.15) is 36.5 Å². The Morgan fingerprint density at radius 2 is 2.18 bits per heavy atom. The van der Waals surface area contributed by atoms with Gasteiger partial charge in [-0.15, -0.1) is 0 Å². The quantitative estimate of drug-likeness (QED) is 0.903. The van der Waals surface area contributed by atoms with E-state index in [2.05, 4.69) is 59.1 Å². The van der Waals surface area contributed by atoms with Crippen molar-refractivity contribution in [3.05, 3.63) is 34.9 Å². The predicted molar refractivity (Wildman–Crippen MR) is 70.3 cm³/mol. The lowest BCUT2D eigenvalue weighted by Crippen LogP contribution is -2.02. The Kier molecular flexibility index (Phi) is 3.68. The van der Waals surface area contributed by atoms with Gasteiger partial charge in [0.2, 0.25) is 5.13 Å². The molecule has 0 aliphatic carbocycles. The van der Waals surface area contributed by atoms with Crippen LogP contribution in [0, 0.1) is 6.92 Å². The molecule has 0 atom stereocenters. The lowest BCUT2D eigenvalue weighted by atomic mass is 9.98. The van der Waals surface area contributed by atoms with E-state index in [-0.39, 0.29) is 0 Å². The molecule has 0 fully saturated rings. The lowest BCUT2D eigenvalue weighted by molar-refractivity contribution is 0.861. The van der Waals surface area contributed by atoms with Crippen LogP contribution in [0.3, 0.4) is 0 Å². The minimum Gasteiger partial charge on any atom is -0.355 e. The second-order valence-electron chi connectivity index (χ2n) is 4.36. The molecule has 0 unspecified atom stereocenters. The Morgan fingerprint density at radius 1 is 1.35 bits per heavy atom. The van der Waals surface area contributed by atoms with Gasteiger partial charge in [-0.3, -0.25) is 0 Å². The molecule has 0 bridgehead atoms. The second kappa shape index (κ2) is 5.23. The van der Waals surface area contributed by atoms with Crippen molar-refractivity contribution in [3.8, 4) is 0 Å². The third kappa shape index (κ3) is 3.00. The highest BCUT2D eigenvalue weighted by molar-refractivity contribution is 7.09. The van der Waals surface area contributed by atoms with Crippen LogP contribution in [0.4, 0.5) is 5.13 Å². The fourth-order valence-corrected chi connectivity index (χ4v) is 1.97. The number of nitrogens with zero attached hydrogens (tertiary/aromatic N) is 3. The molecule has 0 saturated carbocycles. The largest absolute Gasteiger partial charge is 0.355 e. The number of anilines is 1. The molecule has 0 saturated heterocycles. The van der Waals surface area contributed by atoms with Gasteiger partial charge in [0.15, 0.2) is 0 Å². The molecule has 0 spiro atoms. The Hall–Kier alpha value is -1.49. The normalized spacial score (nSPS) is 10.8. The lowest BCUT2D eigenvalue weighted by Gasteiger charge is -2.11. The van der Waals surface area contributed by atoms with E-state index in [9.17, 15) is 0 Å². The smallest absolute Gasteiger partial charge is 0.225 e. The van der Waals surface area contributed by atoms with E-state index in [0.29, 0.717) is 5.92 Å². The number of benzene rings is 1. The number of rotatable bonds is 4. The minimum atomic E-state index is 0.553. The monoisotopic (exact) mass is 248 g/mol. The van der Waals surface area contributed by atoms with E-state index in [0.717, 1.165) is 11.7 Å². The second-order valence-corrected chi connectivity index (χ2v) is 5.09. The first-order chi connectivity index (χ1) is 8.16. The molecule has 0 amide bonds. The van der Waals surface area contributed by atoms with Crippen LogP contribution in [0.15, 0.2) is 18.2 Å². The standard InChI is InChI=1S/C12H16N4S/c1-8(2)10-5-4-9(3)11(6-10)7-13-12-14-15-16-17-12/h4-6,8H,7H2,1-3H3,(H,13,14,16). The summed E-state index contributed by atoms with van der Waals surface area (Å²) in [6, 6.07) is 6.61. The molecular weight excluding hydrogens is 232 g/mol. The first-order valence-electron chi connectivity index (χ1n) is 5.65. The van der Waals surface area contributed by atoms with Gasteiger partial charge in [-0.2, -0.15) is 0 Å². The molecule has 17 heavy (non-hydrogen) atoms. The summed E-state index contributed by atoms with van der Waals surface area (Å²) in [4.78, 5) is 0. The number of aryl methyl sites for hydroxylation is 1. The topological polar surface area (TPSA) is 50.7 Å². The van der Waals surface area contributed by atoms with Gasteiger partial charge in [-0.05, 0) is 34.7 Å². The third-order valence-corrected chi connectivity index (χ3v) is 3.32. The van der Waals surface area contributed by atoms with Gasteiger partial charge in [-0.25, -0.2) is 0 Å². The van der Waals surface area contributed by atoms with Gasteiger partial charge in [0, 0.05) is 18.1 Å². The van der Waals surface area contributed by atoms with E-state index in [1.165, 1.54) is 28.2 Å². The molecule has 2 aromatic rings. The fraction of sp³-hybridized carbons (Fsp3) is 0.417. The summed E-state index contributed by atoms with van der Waals surface area (Å²) in [5, 5.41) is 11.4. The highest BCUT2D eigenvalue weighted by atomic mass is 32.1. The van der Waals surface area contributed by atoms with Crippen molar-refractivity contribution >= 4 is 16.7 Å². The van der Waals surface area contributed by atoms with Gasteiger partial charge in [0.05, 0.1) is 0 Å². The summed E-state index contributed by atoms with van der Waals surface area (Å²) in [5.41, 5.74) is 3.95. The van der Waals surface area contributed by atoms with E-state index >= 15 is 0 Å². The van der Waals surface area contributed by atoms with Crippen molar-refractivity contribution in [2.75, 3.05) is 5.32 Å². The van der Waals surface area contributed by atoms with Crippen molar-refractivity contribution in [1.29, 1.82) is 0 Å². The van der Waals surface area contributed by atoms with E-state index in [4.69, 9.17) is 0 Å². The number of hydrogen-bond acceptors (Lipinski definition) is 5. The van der Waals surface area contributed by atoms with Crippen molar-refractivity contribution in [2.24, 2.45) is 0 Å². The van der Waals surface area contributed by atoms with Crippen LogP contribution in [0.25, 0.3) is 0 Å². The SMILES string of the molecule is Cc1ccc(C(C)C)cc1CNc1nnns1. The Labute approximate surface area is 105 Å². The molecule has 1 heterocycles. The van der Waals surface area contributed by atoms with Crippen molar-refractivity contribution in [2.45, 2.75) is 33.2 Å². The summed E-state index contributed by atoms with van der Waals surface area (Å²) < 4.78 is 3.72. The highest BCUT2D eigenvalue weighted by Gasteiger charge is 2.04. The van der Waals surface area contributed by atoms with Crippen molar-refractivity contribution in [3.63, 3.8) is 0 Å². The maximum atomic E-state index is 3.86. The van der Waals surface area contributed by atoms with Crippen LogP contribution in [0.5, 0.6) is 0 Å². The fourth-order valence-electron chi connectivity index (χ4n) is 1.61. The maximum absolute atomic E-state index is 3.86. The van der Waals surface area contributed by atoms with Crippen molar-refractivity contribution in [1.82, 2.24) is 14.8 Å². The Balaban J connectivity index is 2.11. The first-order valence-corrected chi connectivity index (χ1v) is 6.42. The Morgan fingerprint density at radius 3 is 2.82 bits per heavy atom. The predicted octanol–water partition coefficient (Wildman–Crippen LogP) is 2.98. The molecular formula is C12H16N4S. The Bertz CT molecular complexity index is 479. The van der Waals surface area contributed by atoms with Gasteiger partial charge >= 0.3 is 0 Å². The van der Waals surface area contributed by atoms with Gasteiger partial charge < -0.3 is 5.32 Å². The van der Waals surface area contributed by atoms with Crippen LogP contribution in [0.2, 0.25) is 0 Å². The van der Waals surface area contributed by atoms with Crippen molar-refractivity contribution < 1.29 is 0 Å². The maximum Gasteiger partial charge on any atom is 0.225 e. The van der Waals surface area contributed by atoms with E-state index < -0.39 is 0 Å². The van der Waals surface area contributed by atoms with Crippen LogP contribution in [-0.4, -0.2) is 14.8 Å². The zero-order valence-electron chi connectivity index (χ0n) is 10.3. The minimum absolute atomic E-state index is 0.553. The van der Waals surface area contributed by atoms with E-state index in [1.807, 2.05) is 0 Å². The highest BCUT2D eigenvalue weighted by Crippen LogP contribution is 2.19. The average molecular weight is 248 g/mol. The van der Waals surface area contributed by atoms with Crippen LogP contribution < -0.4 is 5.32 Å². The van der Waals surface area contributed by atoms with E-state index in [1.54, 1.807) is 0 Å². The van der Waals surface area contributed by atoms with Crippen LogP contribution >= 0.6 is 11.5 Å². The molecule has 0 aliphatic heterocycles. The van der Waals surface area contributed by atoms with Gasteiger partial charge in [0.1, 0.15) is 0 Å². The zero-order valence-corrected chi connectivity index (χ0v) is 11.1. The summed E-state index contributed by atoms with van der Waals surface area (Å²) in [6.07, 6.45) is 0. The summed E-state index contributed by atoms with van der Waals surface area (Å²) in [7, 11) is 0. The number of aromatic nitrogens is 3.